The highest BCUT2D eigenvalue weighted by molar-refractivity contribution is 5.99. The molecule has 2 heterocycles. The first-order valence-corrected chi connectivity index (χ1v) is 10.9. The van der Waals surface area contributed by atoms with Crippen LogP contribution in [0.5, 0.6) is 17.2 Å². The first-order valence-electron chi connectivity index (χ1n) is 10.9. The zero-order valence-electron chi connectivity index (χ0n) is 19.0. The highest BCUT2D eigenvalue weighted by Crippen LogP contribution is 2.34. The standard InChI is InChI=1S/C27H26N2O4/c1-31-24-7-5-4-6-21(24)18-8-9-22-19(12-18)13-23(28-22)27(30)29-11-10-17-14-25(32-2)26(33-3)15-20(17)16-29/h4-9,12-15,28H,10-11,16H2,1-3H3. The van der Waals surface area contributed by atoms with Crippen LogP contribution in [0.1, 0.15) is 21.6 Å². The van der Waals surface area contributed by atoms with Gasteiger partial charge in [0.1, 0.15) is 11.4 Å². The van der Waals surface area contributed by atoms with Crippen LogP contribution >= 0.6 is 0 Å². The molecule has 5 rings (SSSR count). The van der Waals surface area contributed by atoms with Gasteiger partial charge in [0.05, 0.1) is 21.3 Å². The predicted octanol–water partition coefficient (Wildman–Crippen LogP) is 5.06. The minimum atomic E-state index is -0.00882. The molecule has 0 atom stereocenters. The normalized spacial score (nSPS) is 13.0. The smallest absolute Gasteiger partial charge is 0.270 e. The van der Waals surface area contributed by atoms with Crippen LogP contribution in [0.25, 0.3) is 22.0 Å². The van der Waals surface area contributed by atoms with Crippen LogP contribution < -0.4 is 14.2 Å². The molecule has 0 radical (unpaired) electrons. The summed E-state index contributed by atoms with van der Waals surface area (Å²) in [6, 6.07) is 20.0. The fourth-order valence-corrected chi connectivity index (χ4v) is 4.53. The number of amides is 1. The number of benzene rings is 3. The molecule has 4 aromatic rings. The van der Waals surface area contributed by atoms with Crippen LogP contribution in [0.4, 0.5) is 0 Å². The van der Waals surface area contributed by atoms with Gasteiger partial charge in [-0.2, -0.15) is 0 Å². The topological polar surface area (TPSA) is 63.8 Å². The number of ether oxygens (including phenoxy) is 3. The lowest BCUT2D eigenvalue weighted by molar-refractivity contribution is 0.0729. The van der Waals surface area contributed by atoms with Gasteiger partial charge < -0.3 is 24.1 Å². The number of fused-ring (bicyclic) bond motifs is 2. The number of nitrogens with one attached hydrogen (secondary N) is 1. The van der Waals surface area contributed by atoms with Gasteiger partial charge in [-0.1, -0.05) is 24.3 Å². The Hall–Kier alpha value is -3.93. The summed E-state index contributed by atoms with van der Waals surface area (Å²) in [7, 11) is 4.94. The third-order valence-electron chi connectivity index (χ3n) is 6.27. The Balaban J connectivity index is 1.42. The van der Waals surface area contributed by atoms with Crippen LogP contribution in [-0.4, -0.2) is 43.7 Å². The lowest BCUT2D eigenvalue weighted by Gasteiger charge is -2.29. The van der Waals surface area contributed by atoms with Crippen molar-refractivity contribution in [1.82, 2.24) is 9.88 Å². The minimum Gasteiger partial charge on any atom is -0.496 e. The zero-order chi connectivity index (χ0) is 22.9. The molecule has 1 aliphatic rings. The molecule has 0 bridgehead atoms. The van der Waals surface area contributed by atoms with E-state index in [-0.39, 0.29) is 5.91 Å². The molecule has 1 aliphatic heterocycles. The molecule has 0 spiro atoms. The summed E-state index contributed by atoms with van der Waals surface area (Å²) < 4.78 is 16.4. The van der Waals surface area contributed by atoms with Gasteiger partial charge in [-0.15, -0.1) is 0 Å². The number of para-hydroxylation sites is 1. The largest absolute Gasteiger partial charge is 0.496 e. The van der Waals surface area contributed by atoms with E-state index < -0.39 is 0 Å². The summed E-state index contributed by atoms with van der Waals surface area (Å²) in [6.45, 7) is 1.19. The SMILES string of the molecule is COc1cc2c(cc1OC)CN(C(=O)c1cc3cc(-c4ccccc4OC)ccc3[nH]1)CC2. The van der Waals surface area contributed by atoms with Crippen molar-refractivity contribution < 1.29 is 19.0 Å². The molecule has 0 fully saturated rings. The molecular formula is C27H26N2O4. The molecule has 6 nitrogen and oxygen atoms in total. The van der Waals surface area contributed by atoms with Gasteiger partial charge in [-0.25, -0.2) is 0 Å². The number of aromatic amines is 1. The molecule has 0 aliphatic carbocycles. The molecule has 1 N–H and O–H groups in total. The maximum Gasteiger partial charge on any atom is 0.270 e. The molecule has 33 heavy (non-hydrogen) atoms. The number of methoxy groups -OCH3 is 3. The van der Waals surface area contributed by atoms with Crippen molar-refractivity contribution in [2.75, 3.05) is 27.9 Å². The zero-order valence-corrected chi connectivity index (χ0v) is 19.0. The molecule has 168 valence electrons. The second-order valence-corrected chi connectivity index (χ2v) is 8.14. The van der Waals surface area contributed by atoms with Gasteiger partial charge in [0.2, 0.25) is 0 Å². The lowest BCUT2D eigenvalue weighted by atomic mass is 9.98. The van der Waals surface area contributed by atoms with E-state index in [1.165, 1.54) is 5.56 Å². The number of hydrogen-bond donors (Lipinski definition) is 1. The van der Waals surface area contributed by atoms with Crippen molar-refractivity contribution in [3.8, 4) is 28.4 Å². The Labute approximate surface area is 192 Å². The average Bonchev–Trinajstić information content (AvgIpc) is 3.30. The van der Waals surface area contributed by atoms with Crippen LogP contribution in [-0.2, 0) is 13.0 Å². The number of H-pyrrole nitrogens is 1. The van der Waals surface area contributed by atoms with Gasteiger partial charge in [0.25, 0.3) is 5.91 Å². The van der Waals surface area contributed by atoms with Gasteiger partial charge in [0.15, 0.2) is 11.5 Å². The molecule has 1 aromatic heterocycles. The van der Waals surface area contributed by atoms with E-state index in [9.17, 15) is 4.79 Å². The number of carbonyl (C=O) groups excluding carboxylic acids is 1. The average molecular weight is 443 g/mol. The maximum absolute atomic E-state index is 13.3. The van der Waals surface area contributed by atoms with Crippen LogP contribution in [0.3, 0.4) is 0 Å². The highest BCUT2D eigenvalue weighted by atomic mass is 16.5. The second-order valence-electron chi connectivity index (χ2n) is 8.14. The van der Waals surface area contributed by atoms with Gasteiger partial charge in [-0.05, 0) is 59.5 Å². The van der Waals surface area contributed by atoms with Crippen LogP contribution in [0.15, 0.2) is 60.7 Å². The fourth-order valence-electron chi connectivity index (χ4n) is 4.53. The number of nitrogens with zero attached hydrogens (tertiary/aromatic N) is 1. The molecular weight excluding hydrogens is 416 g/mol. The predicted molar refractivity (Wildman–Crippen MR) is 128 cm³/mol. The van der Waals surface area contributed by atoms with Gasteiger partial charge in [0, 0.05) is 29.6 Å². The maximum atomic E-state index is 13.3. The third-order valence-corrected chi connectivity index (χ3v) is 6.27. The van der Waals surface area contributed by atoms with Crippen molar-refractivity contribution in [2.45, 2.75) is 13.0 Å². The summed E-state index contributed by atoms with van der Waals surface area (Å²) in [5.74, 6) is 2.21. The summed E-state index contributed by atoms with van der Waals surface area (Å²) in [4.78, 5) is 18.5. The fraction of sp³-hybridized carbons (Fsp3) is 0.222. The van der Waals surface area contributed by atoms with Gasteiger partial charge in [-0.3, -0.25) is 4.79 Å². The Kier molecular flexibility index (Phi) is 5.42. The first-order chi connectivity index (χ1) is 16.1. The molecule has 1 amide bonds. The summed E-state index contributed by atoms with van der Waals surface area (Å²) >= 11 is 0. The van der Waals surface area contributed by atoms with Crippen molar-refractivity contribution in [2.24, 2.45) is 0 Å². The highest BCUT2D eigenvalue weighted by Gasteiger charge is 2.25. The number of carbonyl (C=O) groups is 1. The number of hydrogen-bond acceptors (Lipinski definition) is 4. The Morgan fingerprint density at radius 3 is 2.33 bits per heavy atom. The quantitative estimate of drug-likeness (QED) is 0.469. The minimum absolute atomic E-state index is 0.00882. The number of rotatable bonds is 5. The van der Waals surface area contributed by atoms with Crippen molar-refractivity contribution in [1.29, 1.82) is 0 Å². The third kappa shape index (κ3) is 3.78. The summed E-state index contributed by atoms with van der Waals surface area (Å²) in [5.41, 5.74) is 5.86. The van der Waals surface area contributed by atoms with Crippen molar-refractivity contribution >= 4 is 16.8 Å². The Bertz CT molecular complexity index is 1340. The van der Waals surface area contributed by atoms with E-state index in [0.29, 0.717) is 24.5 Å². The number of aromatic nitrogens is 1. The van der Waals surface area contributed by atoms with E-state index in [0.717, 1.165) is 45.5 Å². The van der Waals surface area contributed by atoms with E-state index in [1.54, 1.807) is 21.3 Å². The molecule has 0 unspecified atom stereocenters. The van der Waals surface area contributed by atoms with Crippen LogP contribution in [0.2, 0.25) is 0 Å². The lowest BCUT2D eigenvalue weighted by Crippen LogP contribution is -2.36. The first kappa shape index (κ1) is 20.9. The Morgan fingerprint density at radius 2 is 1.58 bits per heavy atom. The van der Waals surface area contributed by atoms with Gasteiger partial charge >= 0.3 is 0 Å². The van der Waals surface area contributed by atoms with E-state index >= 15 is 0 Å². The van der Waals surface area contributed by atoms with E-state index in [4.69, 9.17) is 14.2 Å². The molecule has 0 saturated heterocycles. The van der Waals surface area contributed by atoms with E-state index in [2.05, 4.69) is 11.1 Å². The van der Waals surface area contributed by atoms with Crippen LogP contribution in [0, 0.1) is 0 Å². The van der Waals surface area contributed by atoms with Crippen molar-refractivity contribution in [3.63, 3.8) is 0 Å². The second kappa shape index (κ2) is 8.54. The molecule has 3 aromatic carbocycles. The molecule has 0 saturated carbocycles. The van der Waals surface area contributed by atoms with E-state index in [1.807, 2.05) is 59.5 Å². The summed E-state index contributed by atoms with van der Waals surface area (Å²) in [6.07, 6.45) is 0.777. The molecule has 6 heteroatoms. The monoisotopic (exact) mass is 442 g/mol. The van der Waals surface area contributed by atoms with Crippen molar-refractivity contribution in [3.05, 3.63) is 77.5 Å². The summed E-state index contributed by atoms with van der Waals surface area (Å²) in [5, 5.41) is 0.991. The Morgan fingerprint density at radius 1 is 0.848 bits per heavy atom.